The van der Waals surface area contributed by atoms with E-state index in [1.165, 1.54) is 22.1 Å². The van der Waals surface area contributed by atoms with Crippen LogP contribution < -0.4 is 10.2 Å². The van der Waals surface area contributed by atoms with Gasteiger partial charge in [0.1, 0.15) is 0 Å². The van der Waals surface area contributed by atoms with Crippen LogP contribution in [0.25, 0.3) is 0 Å². The summed E-state index contributed by atoms with van der Waals surface area (Å²) in [6, 6.07) is 0.620. The third-order valence-corrected chi connectivity index (χ3v) is 5.19. The molecule has 0 aliphatic carbocycles. The minimum Gasteiger partial charge on any atom is -0.383 e. The quantitative estimate of drug-likeness (QED) is 0.749. The Labute approximate surface area is 132 Å². The van der Waals surface area contributed by atoms with Crippen LogP contribution in [0.1, 0.15) is 44.2 Å². The number of aromatic nitrogens is 1. The minimum absolute atomic E-state index is 0.620. The van der Waals surface area contributed by atoms with E-state index in [2.05, 4.69) is 31.0 Å². The highest BCUT2D eigenvalue weighted by Gasteiger charge is 2.28. The van der Waals surface area contributed by atoms with Gasteiger partial charge in [-0.05, 0) is 25.7 Å². The van der Waals surface area contributed by atoms with Crippen molar-refractivity contribution in [3.63, 3.8) is 0 Å². The van der Waals surface area contributed by atoms with Gasteiger partial charge in [-0.15, -0.1) is 11.3 Å². The number of aryl methyl sites for hydroxylation is 1. The van der Waals surface area contributed by atoms with E-state index in [0.29, 0.717) is 6.04 Å². The van der Waals surface area contributed by atoms with E-state index < -0.39 is 0 Å². The molecule has 2 atom stereocenters. The lowest BCUT2D eigenvalue weighted by atomic mass is 10.1. The van der Waals surface area contributed by atoms with Crippen molar-refractivity contribution >= 4 is 16.5 Å². The molecule has 5 heteroatoms. The van der Waals surface area contributed by atoms with Gasteiger partial charge in [0.15, 0.2) is 5.13 Å². The van der Waals surface area contributed by atoms with Gasteiger partial charge in [0, 0.05) is 37.7 Å². The van der Waals surface area contributed by atoms with E-state index >= 15 is 0 Å². The smallest absolute Gasteiger partial charge is 0.186 e. The van der Waals surface area contributed by atoms with Crippen LogP contribution >= 0.6 is 11.3 Å². The number of ether oxygens (including phenoxy) is 1. The second-order valence-corrected chi connectivity index (χ2v) is 7.19. The Kier molecular flexibility index (Phi) is 6.45. The molecule has 1 aromatic rings. The number of hydrogen-bond acceptors (Lipinski definition) is 5. The molecule has 0 bridgehead atoms. The van der Waals surface area contributed by atoms with Crippen molar-refractivity contribution in [2.24, 2.45) is 5.92 Å². The predicted molar refractivity (Wildman–Crippen MR) is 90.3 cm³/mol. The minimum atomic E-state index is 0.620. The molecule has 1 aromatic heterocycles. The summed E-state index contributed by atoms with van der Waals surface area (Å²) in [5.74, 6) is 0.779. The van der Waals surface area contributed by atoms with Crippen molar-refractivity contribution in [3.8, 4) is 0 Å². The second kappa shape index (κ2) is 8.11. The standard InChI is InChI=1S/C16H29N3OS/c1-5-6-14-15(10-17-7-8-20-4)21-16(18-14)19-11-12(2)9-13(19)3/h12-13,17H,5-11H2,1-4H3. The lowest BCUT2D eigenvalue weighted by Crippen LogP contribution is -2.26. The molecule has 1 saturated heterocycles. The molecule has 2 rings (SSSR count). The summed E-state index contributed by atoms with van der Waals surface area (Å²) in [5, 5.41) is 4.67. The van der Waals surface area contributed by atoms with Gasteiger partial charge >= 0.3 is 0 Å². The molecule has 1 N–H and O–H groups in total. The van der Waals surface area contributed by atoms with E-state index in [4.69, 9.17) is 9.72 Å². The maximum atomic E-state index is 5.09. The Bertz CT molecular complexity index is 435. The van der Waals surface area contributed by atoms with Crippen molar-refractivity contribution in [1.29, 1.82) is 0 Å². The molecule has 21 heavy (non-hydrogen) atoms. The largest absolute Gasteiger partial charge is 0.383 e. The van der Waals surface area contributed by atoms with Crippen LogP contribution in [0.2, 0.25) is 0 Å². The van der Waals surface area contributed by atoms with Gasteiger partial charge in [-0.1, -0.05) is 20.3 Å². The topological polar surface area (TPSA) is 37.4 Å². The number of methoxy groups -OCH3 is 1. The zero-order chi connectivity index (χ0) is 15.2. The molecule has 2 heterocycles. The number of hydrogen-bond donors (Lipinski definition) is 1. The van der Waals surface area contributed by atoms with Crippen LogP contribution in [-0.4, -0.2) is 37.8 Å². The van der Waals surface area contributed by atoms with Crippen molar-refractivity contribution in [1.82, 2.24) is 10.3 Å². The van der Waals surface area contributed by atoms with E-state index in [9.17, 15) is 0 Å². The molecule has 0 amide bonds. The maximum Gasteiger partial charge on any atom is 0.186 e. The summed E-state index contributed by atoms with van der Waals surface area (Å²) >= 11 is 1.87. The van der Waals surface area contributed by atoms with Gasteiger partial charge in [-0.3, -0.25) is 0 Å². The first-order valence-electron chi connectivity index (χ1n) is 8.10. The first-order valence-corrected chi connectivity index (χ1v) is 8.92. The Morgan fingerprint density at radius 2 is 2.24 bits per heavy atom. The lowest BCUT2D eigenvalue weighted by Gasteiger charge is -2.20. The van der Waals surface area contributed by atoms with E-state index in [-0.39, 0.29) is 0 Å². The normalized spacial score (nSPS) is 22.2. The maximum absolute atomic E-state index is 5.09. The molecule has 0 aromatic carbocycles. The fourth-order valence-electron chi connectivity index (χ4n) is 3.01. The van der Waals surface area contributed by atoms with Crippen molar-refractivity contribution < 1.29 is 4.74 Å². The van der Waals surface area contributed by atoms with Gasteiger partial charge in [0.05, 0.1) is 12.3 Å². The van der Waals surface area contributed by atoms with E-state index in [0.717, 1.165) is 45.0 Å². The van der Waals surface area contributed by atoms with Crippen LogP contribution in [-0.2, 0) is 17.7 Å². The number of thiazole rings is 1. The fraction of sp³-hybridized carbons (Fsp3) is 0.812. The molecule has 1 fully saturated rings. The van der Waals surface area contributed by atoms with Gasteiger partial charge in [-0.25, -0.2) is 4.98 Å². The summed E-state index contributed by atoms with van der Waals surface area (Å²) in [6.07, 6.45) is 3.51. The van der Waals surface area contributed by atoms with Crippen molar-refractivity contribution in [2.75, 3.05) is 31.7 Å². The van der Waals surface area contributed by atoms with Crippen LogP contribution in [0, 0.1) is 5.92 Å². The predicted octanol–water partition coefficient (Wildman–Crippen LogP) is 3.07. The summed E-state index contributed by atoms with van der Waals surface area (Å²) in [4.78, 5) is 8.83. The molecule has 0 saturated carbocycles. The first kappa shape index (κ1) is 16.7. The Morgan fingerprint density at radius 3 is 2.86 bits per heavy atom. The van der Waals surface area contributed by atoms with Gasteiger partial charge in [0.2, 0.25) is 0 Å². The van der Waals surface area contributed by atoms with E-state index in [1.807, 2.05) is 11.3 Å². The average Bonchev–Trinajstić information content (AvgIpc) is 2.99. The molecular weight excluding hydrogens is 282 g/mol. The molecule has 2 unspecified atom stereocenters. The highest BCUT2D eigenvalue weighted by molar-refractivity contribution is 7.15. The van der Waals surface area contributed by atoms with Crippen LogP contribution in [0.3, 0.4) is 0 Å². The molecule has 1 aliphatic heterocycles. The molecule has 1 aliphatic rings. The summed E-state index contributed by atoms with van der Waals surface area (Å²) in [5.41, 5.74) is 1.29. The zero-order valence-electron chi connectivity index (χ0n) is 13.8. The fourth-order valence-corrected chi connectivity index (χ4v) is 4.19. The lowest BCUT2D eigenvalue weighted by molar-refractivity contribution is 0.199. The Hall–Kier alpha value is -0.650. The van der Waals surface area contributed by atoms with Crippen molar-refractivity contribution in [3.05, 3.63) is 10.6 Å². The van der Waals surface area contributed by atoms with Gasteiger partial charge < -0.3 is 15.0 Å². The zero-order valence-corrected chi connectivity index (χ0v) is 14.6. The van der Waals surface area contributed by atoms with E-state index in [1.54, 1.807) is 7.11 Å². The number of rotatable bonds is 8. The SMILES string of the molecule is CCCc1nc(N2CC(C)CC2C)sc1CNCCOC. The summed E-state index contributed by atoms with van der Waals surface area (Å²) in [6.45, 7) is 10.6. The summed E-state index contributed by atoms with van der Waals surface area (Å²) in [7, 11) is 1.74. The Balaban J connectivity index is 2.05. The Morgan fingerprint density at radius 1 is 1.43 bits per heavy atom. The monoisotopic (exact) mass is 311 g/mol. The summed E-state index contributed by atoms with van der Waals surface area (Å²) < 4.78 is 5.09. The number of nitrogens with zero attached hydrogens (tertiary/aromatic N) is 2. The highest BCUT2D eigenvalue weighted by Crippen LogP contribution is 2.34. The molecule has 0 spiro atoms. The van der Waals surface area contributed by atoms with Crippen molar-refractivity contribution in [2.45, 2.75) is 52.6 Å². The number of anilines is 1. The van der Waals surface area contributed by atoms with Crippen LogP contribution in [0.5, 0.6) is 0 Å². The average molecular weight is 311 g/mol. The third kappa shape index (κ3) is 4.41. The van der Waals surface area contributed by atoms with Crippen LogP contribution in [0.15, 0.2) is 0 Å². The number of nitrogens with one attached hydrogen (secondary N) is 1. The molecule has 120 valence electrons. The molecule has 4 nitrogen and oxygen atoms in total. The molecule has 0 radical (unpaired) electrons. The molecular formula is C16H29N3OS. The highest BCUT2D eigenvalue weighted by atomic mass is 32.1. The van der Waals surface area contributed by atoms with Gasteiger partial charge in [0.25, 0.3) is 0 Å². The van der Waals surface area contributed by atoms with Gasteiger partial charge in [-0.2, -0.15) is 0 Å². The second-order valence-electron chi connectivity index (χ2n) is 6.13. The first-order chi connectivity index (χ1) is 10.2. The third-order valence-electron chi connectivity index (χ3n) is 4.05. The van der Waals surface area contributed by atoms with Crippen LogP contribution in [0.4, 0.5) is 5.13 Å².